The van der Waals surface area contributed by atoms with Gasteiger partial charge in [-0.3, -0.25) is 14.3 Å². The molecule has 1 atom stereocenters. The average molecular weight is 381 g/mol. The molecule has 1 aromatic carbocycles. The Labute approximate surface area is 165 Å². The summed E-state index contributed by atoms with van der Waals surface area (Å²) < 4.78 is 9.60. The van der Waals surface area contributed by atoms with Crippen LogP contribution in [-0.2, 0) is 20.1 Å². The molecule has 0 saturated heterocycles. The number of nitrogens with zero attached hydrogens (tertiary/aromatic N) is 5. The summed E-state index contributed by atoms with van der Waals surface area (Å²) in [7, 11) is 1.83. The van der Waals surface area contributed by atoms with Gasteiger partial charge in [-0.05, 0) is 49.2 Å². The first-order valence-electron chi connectivity index (χ1n) is 9.66. The van der Waals surface area contributed by atoms with Gasteiger partial charge >= 0.3 is 0 Å². The standard InChI is InChI=1S/C21H27N5O2/c1-15-4-5-18(12-16(15)2)28-11-10-25-8-9-26-17(14-25)13-19(23-26)21(27)20-6-7-22-24(20)3/h4-7,12-13,21,27H,8-11,14H2,1-3H3/t21-/m0/s1. The van der Waals surface area contributed by atoms with Gasteiger partial charge < -0.3 is 9.84 Å². The topological polar surface area (TPSA) is 68.3 Å². The van der Waals surface area contributed by atoms with Gasteiger partial charge in [0.15, 0.2) is 0 Å². The van der Waals surface area contributed by atoms with Crippen LogP contribution in [0.5, 0.6) is 5.75 Å². The third kappa shape index (κ3) is 3.81. The molecule has 7 nitrogen and oxygen atoms in total. The van der Waals surface area contributed by atoms with Gasteiger partial charge in [-0.2, -0.15) is 10.2 Å². The second-order valence-corrected chi connectivity index (χ2v) is 7.44. The molecule has 3 aromatic rings. The fraction of sp³-hybridized carbons (Fsp3) is 0.429. The number of benzene rings is 1. The van der Waals surface area contributed by atoms with Crippen molar-refractivity contribution in [1.29, 1.82) is 0 Å². The summed E-state index contributed by atoms with van der Waals surface area (Å²) in [6.45, 7) is 8.27. The predicted molar refractivity (Wildman–Crippen MR) is 106 cm³/mol. The van der Waals surface area contributed by atoms with Crippen LogP contribution in [0.1, 0.15) is 34.3 Å². The molecule has 0 radical (unpaired) electrons. The Hall–Kier alpha value is -2.64. The van der Waals surface area contributed by atoms with E-state index in [1.54, 1.807) is 10.9 Å². The molecule has 0 fully saturated rings. The summed E-state index contributed by atoms with van der Waals surface area (Å²) in [5.41, 5.74) is 5.06. The molecular formula is C21H27N5O2. The van der Waals surface area contributed by atoms with Gasteiger partial charge in [0, 0.05) is 32.9 Å². The molecule has 4 rings (SSSR count). The Morgan fingerprint density at radius 1 is 1.14 bits per heavy atom. The van der Waals surface area contributed by atoms with Gasteiger partial charge in [0.25, 0.3) is 0 Å². The van der Waals surface area contributed by atoms with Crippen molar-refractivity contribution in [3.63, 3.8) is 0 Å². The lowest BCUT2D eigenvalue weighted by atomic mass is 10.1. The highest BCUT2D eigenvalue weighted by Crippen LogP contribution is 2.23. The zero-order chi connectivity index (χ0) is 19.7. The number of hydrogen-bond donors (Lipinski definition) is 1. The number of hydrogen-bond acceptors (Lipinski definition) is 5. The van der Waals surface area contributed by atoms with Crippen molar-refractivity contribution in [2.45, 2.75) is 33.0 Å². The maximum absolute atomic E-state index is 10.6. The number of aliphatic hydroxyl groups excluding tert-OH is 1. The van der Waals surface area contributed by atoms with E-state index in [1.807, 2.05) is 29.9 Å². The normalized spacial score (nSPS) is 15.4. The summed E-state index contributed by atoms with van der Waals surface area (Å²) in [5.74, 6) is 0.923. The van der Waals surface area contributed by atoms with E-state index in [0.717, 1.165) is 43.3 Å². The summed E-state index contributed by atoms with van der Waals surface area (Å²) >= 11 is 0. The van der Waals surface area contributed by atoms with Crippen molar-refractivity contribution in [2.75, 3.05) is 19.7 Å². The predicted octanol–water partition coefficient (Wildman–Crippen LogP) is 2.21. The van der Waals surface area contributed by atoms with Crippen LogP contribution in [0.3, 0.4) is 0 Å². The first-order valence-corrected chi connectivity index (χ1v) is 9.66. The highest BCUT2D eigenvalue weighted by molar-refractivity contribution is 5.33. The smallest absolute Gasteiger partial charge is 0.139 e. The second kappa shape index (κ2) is 7.77. The second-order valence-electron chi connectivity index (χ2n) is 7.44. The molecule has 0 bridgehead atoms. The lowest BCUT2D eigenvalue weighted by molar-refractivity contribution is 0.171. The molecule has 1 N–H and O–H groups in total. The maximum Gasteiger partial charge on any atom is 0.139 e. The van der Waals surface area contributed by atoms with Crippen molar-refractivity contribution >= 4 is 0 Å². The third-order valence-corrected chi connectivity index (χ3v) is 5.47. The zero-order valence-corrected chi connectivity index (χ0v) is 16.7. The minimum absolute atomic E-state index is 0.654. The van der Waals surface area contributed by atoms with Crippen LogP contribution in [0.2, 0.25) is 0 Å². The van der Waals surface area contributed by atoms with Gasteiger partial charge in [0.05, 0.1) is 23.6 Å². The van der Waals surface area contributed by atoms with E-state index in [4.69, 9.17) is 4.74 Å². The van der Waals surface area contributed by atoms with Gasteiger partial charge in [-0.25, -0.2) is 0 Å². The molecule has 1 aliphatic heterocycles. The van der Waals surface area contributed by atoms with Crippen LogP contribution in [-0.4, -0.2) is 49.3 Å². The Morgan fingerprint density at radius 2 is 2.00 bits per heavy atom. The fourth-order valence-corrected chi connectivity index (χ4v) is 3.57. The number of aliphatic hydroxyl groups is 1. The summed E-state index contributed by atoms with van der Waals surface area (Å²) in [5, 5.41) is 19.3. The minimum atomic E-state index is -0.757. The van der Waals surface area contributed by atoms with Crippen LogP contribution in [0.15, 0.2) is 36.5 Å². The molecule has 0 spiro atoms. The highest BCUT2D eigenvalue weighted by Gasteiger charge is 2.23. The number of aromatic nitrogens is 4. The van der Waals surface area contributed by atoms with E-state index in [9.17, 15) is 5.11 Å². The van der Waals surface area contributed by atoms with E-state index in [0.29, 0.717) is 12.3 Å². The molecule has 0 amide bonds. The summed E-state index contributed by atoms with van der Waals surface area (Å²) in [6.07, 6.45) is 0.929. The van der Waals surface area contributed by atoms with Crippen LogP contribution in [0.25, 0.3) is 0 Å². The molecule has 7 heteroatoms. The lowest BCUT2D eigenvalue weighted by Crippen LogP contribution is -2.36. The first-order chi connectivity index (χ1) is 13.5. The molecule has 0 unspecified atom stereocenters. The van der Waals surface area contributed by atoms with E-state index >= 15 is 0 Å². The van der Waals surface area contributed by atoms with Crippen LogP contribution < -0.4 is 4.74 Å². The maximum atomic E-state index is 10.6. The SMILES string of the molecule is Cc1ccc(OCCN2CCn3nc([C@H](O)c4ccnn4C)cc3C2)cc1C. The number of fused-ring (bicyclic) bond motifs is 1. The molecule has 0 aliphatic carbocycles. The Morgan fingerprint density at radius 3 is 2.75 bits per heavy atom. The summed E-state index contributed by atoms with van der Waals surface area (Å²) in [6, 6.07) is 10.0. The van der Waals surface area contributed by atoms with Gasteiger partial charge in [0.1, 0.15) is 18.5 Å². The first kappa shape index (κ1) is 18.7. The van der Waals surface area contributed by atoms with Crippen LogP contribution >= 0.6 is 0 Å². The largest absolute Gasteiger partial charge is 0.492 e. The number of rotatable bonds is 6. The van der Waals surface area contributed by atoms with E-state index in [1.165, 1.54) is 11.1 Å². The van der Waals surface area contributed by atoms with E-state index < -0.39 is 6.10 Å². The highest BCUT2D eigenvalue weighted by atomic mass is 16.5. The molecule has 0 saturated carbocycles. The van der Waals surface area contributed by atoms with Crippen molar-refractivity contribution in [3.05, 3.63) is 64.7 Å². The van der Waals surface area contributed by atoms with Crippen molar-refractivity contribution in [1.82, 2.24) is 24.5 Å². The van der Waals surface area contributed by atoms with Gasteiger partial charge in [-0.15, -0.1) is 0 Å². The van der Waals surface area contributed by atoms with Crippen molar-refractivity contribution < 1.29 is 9.84 Å². The number of aryl methyl sites for hydroxylation is 3. The van der Waals surface area contributed by atoms with Crippen LogP contribution in [0, 0.1) is 13.8 Å². The molecule has 148 valence electrons. The lowest BCUT2D eigenvalue weighted by Gasteiger charge is -2.27. The average Bonchev–Trinajstić information content (AvgIpc) is 3.30. The van der Waals surface area contributed by atoms with Gasteiger partial charge in [-0.1, -0.05) is 6.07 Å². The van der Waals surface area contributed by atoms with Crippen LogP contribution in [0.4, 0.5) is 0 Å². The Kier molecular flexibility index (Phi) is 5.19. The third-order valence-electron chi connectivity index (χ3n) is 5.47. The Bertz CT molecular complexity index is 962. The molecule has 1 aliphatic rings. The van der Waals surface area contributed by atoms with E-state index in [2.05, 4.69) is 41.1 Å². The molecule has 2 aromatic heterocycles. The quantitative estimate of drug-likeness (QED) is 0.709. The van der Waals surface area contributed by atoms with Crippen molar-refractivity contribution in [2.24, 2.45) is 7.05 Å². The zero-order valence-electron chi connectivity index (χ0n) is 16.7. The summed E-state index contributed by atoms with van der Waals surface area (Å²) in [4.78, 5) is 2.36. The van der Waals surface area contributed by atoms with Crippen molar-refractivity contribution in [3.8, 4) is 5.75 Å². The number of ether oxygens (including phenoxy) is 1. The molecule has 28 heavy (non-hydrogen) atoms. The molecular weight excluding hydrogens is 354 g/mol. The Balaban J connectivity index is 1.35. The minimum Gasteiger partial charge on any atom is -0.492 e. The van der Waals surface area contributed by atoms with E-state index in [-0.39, 0.29) is 0 Å². The fourth-order valence-electron chi connectivity index (χ4n) is 3.57. The van der Waals surface area contributed by atoms with Gasteiger partial charge in [0.2, 0.25) is 0 Å². The monoisotopic (exact) mass is 381 g/mol. The molecule has 3 heterocycles.